The first-order valence-electron chi connectivity index (χ1n) is 6.21. The molecule has 1 N–H and O–H groups in total. The molecule has 1 aliphatic heterocycles. The molecular formula is C14H20N2O. The topological polar surface area (TPSA) is 32.3 Å². The molecular weight excluding hydrogens is 212 g/mol. The average Bonchev–Trinajstić information content (AvgIpc) is 2.32. The quantitative estimate of drug-likeness (QED) is 0.835. The van der Waals surface area contributed by atoms with E-state index < -0.39 is 0 Å². The highest BCUT2D eigenvalue weighted by atomic mass is 16.2. The van der Waals surface area contributed by atoms with Gasteiger partial charge in [-0.15, -0.1) is 0 Å². The van der Waals surface area contributed by atoms with Crippen LogP contribution in [0.3, 0.4) is 0 Å². The Labute approximate surface area is 103 Å². The number of rotatable bonds is 2. The first kappa shape index (κ1) is 12.1. The summed E-state index contributed by atoms with van der Waals surface area (Å²) in [4.78, 5) is 13.6. The van der Waals surface area contributed by atoms with Crippen LogP contribution in [0.5, 0.6) is 0 Å². The van der Waals surface area contributed by atoms with Gasteiger partial charge in [0.2, 0.25) is 5.91 Å². The van der Waals surface area contributed by atoms with Crippen LogP contribution in [0, 0.1) is 6.92 Å². The molecule has 1 fully saturated rings. The van der Waals surface area contributed by atoms with Gasteiger partial charge >= 0.3 is 0 Å². The van der Waals surface area contributed by atoms with Gasteiger partial charge in [0.1, 0.15) is 0 Å². The van der Waals surface area contributed by atoms with E-state index >= 15 is 0 Å². The SMILES string of the molecule is CC(=O)N1CCNCC1Cc1ccccc1C. The van der Waals surface area contributed by atoms with Gasteiger partial charge in [-0.1, -0.05) is 24.3 Å². The summed E-state index contributed by atoms with van der Waals surface area (Å²) < 4.78 is 0. The van der Waals surface area contributed by atoms with Crippen LogP contribution in [0.1, 0.15) is 18.1 Å². The third kappa shape index (κ3) is 2.86. The van der Waals surface area contributed by atoms with Gasteiger partial charge < -0.3 is 10.2 Å². The highest BCUT2D eigenvalue weighted by Crippen LogP contribution is 2.14. The van der Waals surface area contributed by atoms with Crippen LogP contribution in [-0.2, 0) is 11.2 Å². The van der Waals surface area contributed by atoms with Gasteiger partial charge in [0.25, 0.3) is 0 Å². The van der Waals surface area contributed by atoms with Crippen LogP contribution in [-0.4, -0.2) is 36.5 Å². The lowest BCUT2D eigenvalue weighted by atomic mass is 9.99. The van der Waals surface area contributed by atoms with E-state index in [0.29, 0.717) is 6.04 Å². The maximum Gasteiger partial charge on any atom is 0.219 e. The zero-order valence-corrected chi connectivity index (χ0v) is 10.6. The van der Waals surface area contributed by atoms with Crippen molar-refractivity contribution in [2.24, 2.45) is 0 Å². The van der Waals surface area contributed by atoms with E-state index in [1.807, 2.05) is 4.90 Å². The Morgan fingerprint density at radius 3 is 2.94 bits per heavy atom. The highest BCUT2D eigenvalue weighted by molar-refractivity contribution is 5.73. The van der Waals surface area contributed by atoms with E-state index in [1.165, 1.54) is 11.1 Å². The molecule has 92 valence electrons. The van der Waals surface area contributed by atoms with Crippen molar-refractivity contribution in [1.82, 2.24) is 10.2 Å². The molecule has 2 rings (SSSR count). The molecule has 1 aliphatic rings. The van der Waals surface area contributed by atoms with E-state index in [0.717, 1.165) is 26.1 Å². The monoisotopic (exact) mass is 232 g/mol. The summed E-state index contributed by atoms with van der Waals surface area (Å²) in [7, 11) is 0. The molecule has 0 spiro atoms. The maximum atomic E-state index is 11.6. The van der Waals surface area contributed by atoms with Gasteiger partial charge in [-0.25, -0.2) is 0 Å². The Hall–Kier alpha value is -1.35. The zero-order valence-electron chi connectivity index (χ0n) is 10.6. The van der Waals surface area contributed by atoms with Crippen LogP contribution in [0.25, 0.3) is 0 Å². The molecule has 1 aromatic carbocycles. The lowest BCUT2D eigenvalue weighted by molar-refractivity contribution is -0.131. The fourth-order valence-electron chi connectivity index (χ4n) is 2.45. The van der Waals surface area contributed by atoms with Gasteiger partial charge in [0.15, 0.2) is 0 Å². The Kier molecular flexibility index (Phi) is 3.79. The number of aryl methyl sites for hydroxylation is 1. The van der Waals surface area contributed by atoms with Crippen molar-refractivity contribution in [2.45, 2.75) is 26.3 Å². The second-order valence-electron chi connectivity index (χ2n) is 4.70. The highest BCUT2D eigenvalue weighted by Gasteiger charge is 2.24. The molecule has 1 unspecified atom stereocenters. The van der Waals surface area contributed by atoms with Gasteiger partial charge in [-0.3, -0.25) is 4.79 Å². The summed E-state index contributed by atoms with van der Waals surface area (Å²) in [5.41, 5.74) is 2.65. The molecule has 1 amide bonds. The fraction of sp³-hybridized carbons (Fsp3) is 0.500. The van der Waals surface area contributed by atoms with E-state index in [9.17, 15) is 4.79 Å². The number of hydrogen-bond donors (Lipinski definition) is 1. The van der Waals surface area contributed by atoms with Gasteiger partial charge in [0.05, 0.1) is 0 Å². The Morgan fingerprint density at radius 2 is 2.24 bits per heavy atom. The summed E-state index contributed by atoms with van der Waals surface area (Å²) in [5.74, 6) is 0.185. The summed E-state index contributed by atoms with van der Waals surface area (Å²) in [6, 6.07) is 8.70. The van der Waals surface area contributed by atoms with E-state index in [2.05, 4.69) is 36.5 Å². The predicted octanol–water partition coefficient (Wildman–Crippen LogP) is 1.36. The number of carbonyl (C=O) groups is 1. The van der Waals surface area contributed by atoms with Crippen molar-refractivity contribution < 1.29 is 4.79 Å². The normalized spacial score (nSPS) is 20.4. The summed E-state index contributed by atoms with van der Waals surface area (Å²) >= 11 is 0. The maximum absolute atomic E-state index is 11.6. The van der Waals surface area contributed by atoms with Gasteiger partial charge in [-0.2, -0.15) is 0 Å². The molecule has 1 atom stereocenters. The minimum Gasteiger partial charge on any atom is -0.337 e. The smallest absolute Gasteiger partial charge is 0.219 e. The summed E-state index contributed by atoms with van der Waals surface area (Å²) in [6.45, 7) is 6.42. The number of piperazine rings is 1. The van der Waals surface area contributed by atoms with Crippen molar-refractivity contribution in [1.29, 1.82) is 0 Å². The Bertz CT molecular complexity index is 403. The van der Waals surface area contributed by atoms with E-state index in [-0.39, 0.29) is 5.91 Å². The second-order valence-corrected chi connectivity index (χ2v) is 4.70. The van der Waals surface area contributed by atoms with Crippen LogP contribution in [0.2, 0.25) is 0 Å². The number of nitrogens with one attached hydrogen (secondary N) is 1. The molecule has 0 aromatic heterocycles. The zero-order chi connectivity index (χ0) is 12.3. The molecule has 0 radical (unpaired) electrons. The van der Waals surface area contributed by atoms with Crippen molar-refractivity contribution >= 4 is 5.91 Å². The van der Waals surface area contributed by atoms with Crippen molar-refractivity contribution in [2.75, 3.05) is 19.6 Å². The average molecular weight is 232 g/mol. The molecule has 17 heavy (non-hydrogen) atoms. The van der Waals surface area contributed by atoms with Crippen molar-refractivity contribution in [3.8, 4) is 0 Å². The minimum atomic E-state index is 0.185. The number of hydrogen-bond acceptors (Lipinski definition) is 2. The predicted molar refractivity (Wildman–Crippen MR) is 68.9 cm³/mol. The molecule has 3 heteroatoms. The van der Waals surface area contributed by atoms with E-state index in [1.54, 1.807) is 6.92 Å². The molecule has 3 nitrogen and oxygen atoms in total. The Morgan fingerprint density at radius 1 is 1.47 bits per heavy atom. The van der Waals surface area contributed by atoms with Crippen molar-refractivity contribution in [3.05, 3.63) is 35.4 Å². The fourth-order valence-corrected chi connectivity index (χ4v) is 2.45. The largest absolute Gasteiger partial charge is 0.337 e. The summed E-state index contributed by atoms with van der Waals surface area (Å²) in [5, 5.41) is 3.37. The summed E-state index contributed by atoms with van der Waals surface area (Å²) in [6.07, 6.45) is 0.944. The van der Waals surface area contributed by atoms with Crippen molar-refractivity contribution in [3.63, 3.8) is 0 Å². The molecule has 1 aromatic rings. The van der Waals surface area contributed by atoms with E-state index in [4.69, 9.17) is 0 Å². The molecule has 0 bridgehead atoms. The first-order chi connectivity index (χ1) is 8.18. The minimum absolute atomic E-state index is 0.185. The number of nitrogens with zero attached hydrogens (tertiary/aromatic N) is 1. The second kappa shape index (κ2) is 5.32. The molecule has 0 aliphatic carbocycles. The number of benzene rings is 1. The third-order valence-electron chi connectivity index (χ3n) is 3.47. The standard InChI is InChI=1S/C14H20N2O/c1-11-5-3-4-6-13(11)9-14-10-15-7-8-16(14)12(2)17/h3-6,14-15H,7-10H2,1-2H3. The van der Waals surface area contributed by atoms with Crippen LogP contribution in [0.15, 0.2) is 24.3 Å². The van der Waals surface area contributed by atoms with Gasteiger partial charge in [0, 0.05) is 32.6 Å². The Balaban J connectivity index is 2.11. The third-order valence-corrected chi connectivity index (χ3v) is 3.47. The van der Waals surface area contributed by atoms with Gasteiger partial charge in [-0.05, 0) is 24.5 Å². The molecule has 1 saturated heterocycles. The van der Waals surface area contributed by atoms with Crippen LogP contribution >= 0.6 is 0 Å². The van der Waals surface area contributed by atoms with Crippen LogP contribution in [0.4, 0.5) is 0 Å². The number of carbonyl (C=O) groups excluding carboxylic acids is 1. The first-order valence-corrected chi connectivity index (χ1v) is 6.21. The molecule has 0 saturated carbocycles. The number of amides is 1. The van der Waals surface area contributed by atoms with Crippen LogP contribution < -0.4 is 5.32 Å². The lowest BCUT2D eigenvalue weighted by Gasteiger charge is -2.36. The lowest BCUT2D eigenvalue weighted by Crippen LogP contribution is -2.53. The molecule has 1 heterocycles.